The Kier molecular flexibility index (Phi) is 3.84. The molecule has 0 spiro atoms. The second-order valence-corrected chi connectivity index (χ2v) is 6.71. The van der Waals surface area contributed by atoms with E-state index in [1.54, 1.807) is 12.1 Å². The Labute approximate surface area is 140 Å². The van der Waals surface area contributed by atoms with Gasteiger partial charge in [0, 0.05) is 56.1 Å². The maximum Gasteiger partial charge on any atom is 0.254 e. The van der Waals surface area contributed by atoms with Crippen LogP contribution in [0.25, 0.3) is 0 Å². The average Bonchev–Trinajstić information content (AvgIpc) is 3.26. The first-order valence-electron chi connectivity index (χ1n) is 8.40. The van der Waals surface area contributed by atoms with Crippen molar-refractivity contribution in [1.82, 2.24) is 19.6 Å². The third-order valence-electron chi connectivity index (χ3n) is 5.19. The van der Waals surface area contributed by atoms with Gasteiger partial charge in [-0.2, -0.15) is 5.10 Å². The molecule has 0 radical (unpaired) electrons. The number of aryl methyl sites for hydroxylation is 1. The molecule has 0 N–H and O–H groups in total. The molecule has 5 nitrogen and oxygen atoms in total. The molecule has 126 valence electrons. The highest BCUT2D eigenvalue weighted by Gasteiger charge is 2.44. The fourth-order valence-corrected chi connectivity index (χ4v) is 4.07. The fourth-order valence-electron chi connectivity index (χ4n) is 4.07. The molecular formula is C18H21FN4O. The number of rotatable bonds is 3. The van der Waals surface area contributed by atoms with Crippen LogP contribution in [-0.2, 0) is 13.6 Å². The molecule has 0 unspecified atom stereocenters. The van der Waals surface area contributed by atoms with Gasteiger partial charge < -0.3 is 4.90 Å². The minimum atomic E-state index is -0.311. The van der Waals surface area contributed by atoms with E-state index in [4.69, 9.17) is 0 Å². The number of halogens is 1. The summed E-state index contributed by atoms with van der Waals surface area (Å²) in [6, 6.07) is 6.53. The van der Waals surface area contributed by atoms with Crippen LogP contribution >= 0.6 is 0 Å². The van der Waals surface area contributed by atoms with E-state index < -0.39 is 0 Å². The Hall–Kier alpha value is -2.21. The minimum Gasteiger partial charge on any atom is -0.334 e. The summed E-state index contributed by atoms with van der Waals surface area (Å²) < 4.78 is 14.9. The molecule has 2 saturated heterocycles. The molecule has 1 aromatic carbocycles. The molecule has 0 saturated carbocycles. The maximum absolute atomic E-state index is 13.1. The van der Waals surface area contributed by atoms with Crippen LogP contribution in [0, 0.1) is 5.82 Å². The van der Waals surface area contributed by atoms with Crippen molar-refractivity contribution in [3.8, 4) is 0 Å². The molecule has 0 aliphatic carbocycles. The van der Waals surface area contributed by atoms with E-state index >= 15 is 0 Å². The summed E-state index contributed by atoms with van der Waals surface area (Å²) in [6.45, 7) is 2.65. The van der Waals surface area contributed by atoms with E-state index in [0.29, 0.717) is 11.6 Å². The molecule has 6 heteroatoms. The highest BCUT2D eigenvalue weighted by Crippen LogP contribution is 2.33. The Morgan fingerprint density at radius 3 is 2.67 bits per heavy atom. The lowest BCUT2D eigenvalue weighted by atomic mass is 10.1. The first-order chi connectivity index (χ1) is 11.6. The number of hydrogen-bond donors (Lipinski definition) is 0. The second-order valence-electron chi connectivity index (χ2n) is 6.71. The van der Waals surface area contributed by atoms with Crippen LogP contribution in [0.4, 0.5) is 4.39 Å². The zero-order valence-corrected chi connectivity index (χ0v) is 13.7. The first kappa shape index (κ1) is 15.3. The molecule has 1 amide bonds. The third-order valence-corrected chi connectivity index (χ3v) is 5.19. The normalized spacial score (nSPS) is 23.7. The number of benzene rings is 1. The van der Waals surface area contributed by atoms with Crippen molar-refractivity contribution in [2.45, 2.75) is 31.5 Å². The van der Waals surface area contributed by atoms with Crippen molar-refractivity contribution in [2.24, 2.45) is 7.05 Å². The molecule has 24 heavy (non-hydrogen) atoms. The molecule has 0 bridgehead atoms. The van der Waals surface area contributed by atoms with Crippen molar-refractivity contribution in [3.05, 3.63) is 53.6 Å². The number of fused-ring (bicyclic) bond motifs is 1. The molecule has 1 aromatic heterocycles. The van der Waals surface area contributed by atoms with Crippen molar-refractivity contribution in [2.75, 3.05) is 13.1 Å². The lowest BCUT2D eigenvalue weighted by molar-refractivity contribution is 0.0732. The van der Waals surface area contributed by atoms with Gasteiger partial charge in [0.2, 0.25) is 0 Å². The van der Waals surface area contributed by atoms with E-state index in [2.05, 4.69) is 10.00 Å². The van der Waals surface area contributed by atoms with Gasteiger partial charge in [-0.3, -0.25) is 14.4 Å². The third kappa shape index (κ3) is 2.71. The summed E-state index contributed by atoms with van der Waals surface area (Å²) in [4.78, 5) is 17.2. The van der Waals surface area contributed by atoms with Crippen LogP contribution in [0.2, 0.25) is 0 Å². The molecule has 2 aliphatic rings. The van der Waals surface area contributed by atoms with E-state index in [1.165, 1.54) is 17.7 Å². The van der Waals surface area contributed by atoms with Gasteiger partial charge in [-0.25, -0.2) is 4.39 Å². The van der Waals surface area contributed by atoms with Crippen LogP contribution in [0.1, 0.15) is 28.8 Å². The quantitative estimate of drug-likeness (QED) is 0.866. The summed E-state index contributed by atoms with van der Waals surface area (Å²) in [5.74, 6) is -0.292. The lowest BCUT2D eigenvalue weighted by Crippen LogP contribution is -2.39. The number of aromatic nitrogens is 2. The standard InChI is InChI=1S/C18H21FN4O/c1-21-11-13(10-20-21)12-22-8-6-17-16(22)7-9-23(17)18(24)14-2-4-15(19)5-3-14/h2-5,10-11,16-17H,6-9,12H2,1H3/t16-,17+/m0/s1. The number of nitrogens with zero attached hydrogens (tertiary/aromatic N) is 4. The van der Waals surface area contributed by atoms with Crippen LogP contribution in [0.3, 0.4) is 0 Å². The number of carbonyl (C=O) groups excluding carboxylic acids is 1. The zero-order valence-electron chi connectivity index (χ0n) is 13.7. The van der Waals surface area contributed by atoms with Crippen LogP contribution < -0.4 is 0 Å². The fraction of sp³-hybridized carbons (Fsp3) is 0.444. The summed E-state index contributed by atoms with van der Waals surface area (Å²) in [5, 5.41) is 4.23. The van der Waals surface area contributed by atoms with Gasteiger partial charge >= 0.3 is 0 Å². The van der Waals surface area contributed by atoms with Crippen molar-refractivity contribution >= 4 is 5.91 Å². The van der Waals surface area contributed by atoms with E-state index in [9.17, 15) is 9.18 Å². The Balaban J connectivity index is 1.46. The smallest absolute Gasteiger partial charge is 0.254 e. The molecular weight excluding hydrogens is 307 g/mol. The van der Waals surface area contributed by atoms with Crippen molar-refractivity contribution in [3.63, 3.8) is 0 Å². The monoisotopic (exact) mass is 328 g/mol. The Bertz CT molecular complexity index is 742. The maximum atomic E-state index is 13.1. The first-order valence-corrected chi connectivity index (χ1v) is 8.40. The molecule has 4 rings (SSSR count). The summed E-state index contributed by atoms with van der Waals surface area (Å²) in [6.07, 6.45) is 5.95. The highest BCUT2D eigenvalue weighted by molar-refractivity contribution is 5.94. The van der Waals surface area contributed by atoms with Gasteiger partial charge in [0.1, 0.15) is 5.82 Å². The van der Waals surface area contributed by atoms with Gasteiger partial charge in [-0.1, -0.05) is 0 Å². The summed E-state index contributed by atoms with van der Waals surface area (Å²) >= 11 is 0. The number of hydrogen-bond acceptors (Lipinski definition) is 3. The topological polar surface area (TPSA) is 41.4 Å². The largest absolute Gasteiger partial charge is 0.334 e. The van der Waals surface area contributed by atoms with Gasteiger partial charge in [0.25, 0.3) is 5.91 Å². The minimum absolute atomic E-state index is 0.0192. The van der Waals surface area contributed by atoms with Crippen molar-refractivity contribution in [1.29, 1.82) is 0 Å². The zero-order chi connectivity index (χ0) is 16.7. The second kappa shape index (κ2) is 6.02. The molecule has 2 atom stereocenters. The van der Waals surface area contributed by atoms with Gasteiger partial charge in [-0.15, -0.1) is 0 Å². The van der Waals surface area contributed by atoms with Gasteiger partial charge in [0.15, 0.2) is 0 Å². The predicted octanol–water partition coefficient (Wildman–Crippen LogP) is 2.05. The van der Waals surface area contributed by atoms with Gasteiger partial charge in [0.05, 0.1) is 6.20 Å². The van der Waals surface area contributed by atoms with Crippen LogP contribution in [0.5, 0.6) is 0 Å². The van der Waals surface area contributed by atoms with Gasteiger partial charge in [-0.05, 0) is 37.1 Å². The van der Waals surface area contributed by atoms with Crippen molar-refractivity contribution < 1.29 is 9.18 Å². The van der Waals surface area contributed by atoms with E-state index in [-0.39, 0.29) is 17.8 Å². The highest BCUT2D eigenvalue weighted by atomic mass is 19.1. The predicted molar refractivity (Wildman–Crippen MR) is 87.9 cm³/mol. The molecule has 2 aromatic rings. The number of carbonyl (C=O) groups is 1. The molecule has 2 fully saturated rings. The van der Waals surface area contributed by atoms with E-state index in [0.717, 1.165) is 32.5 Å². The lowest BCUT2D eigenvalue weighted by Gasteiger charge is -2.25. The molecule has 2 aliphatic heterocycles. The average molecular weight is 328 g/mol. The Morgan fingerprint density at radius 2 is 1.96 bits per heavy atom. The van der Waals surface area contributed by atoms with E-state index in [1.807, 2.05) is 29.0 Å². The molecule has 3 heterocycles. The summed E-state index contributed by atoms with van der Waals surface area (Å²) in [5.41, 5.74) is 1.78. The SMILES string of the molecule is Cn1cc(CN2CC[C@@H]3[C@@H]2CCN3C(=O)c2ccc(F)cc2)cn1. The number of amides is 1. The van der Waals surface area contributed by atoms with Crippen LogP contribution in [0.15, 0.2) is 36.7 Å². The van der Waals surface area contributed by atoms with Crippen LogP contribution in [-0.4, -0.2) is 50.7 Å². The Morgan fingerprint density at radius 1 is 1.21 bits per heavy atom. The summed E-state index contributed by atoms with van der Waals surface area (Å²) in [7, 11) is 1.93. The number of likely N-dealkylation sites (tertiary alicyclic amines) is 2.